The molecule has 1 spiro atoms. The molecule has 1 saturated heterocycles. The van der Waals surface area contributed by atoms with Crippen molar-refractivity contribution >= 4 is 11.9 Å². The molecule has 3 rings (SSSR count). The van der Waals surface area contributed by atoms with E-state index in [4.69, 9.17) is 0 Å². The summed E-state index contributed by atoms with van der Waals surface area (Å²) in [6, 6.07) is 0.0434. The number of hydrogen-bond acceptors (Lipinski definition) is 2. The fourth-order valence-corrected chi connectivity index (χ4v) is 2.49. The zero-order valence-corrected chi connectivity index (χ0v) is 8.08. The van der Waals surface area contributed by atoms with Crippen molar-refractivity contribution < 1.29 is 9.59 Å². The van der Waals surface area contributed by atoms with E-state index < -0.39 is 5.54 Å². The first-order valence-corrected chi connectivity index (χ1v) is 5.39. The topological polar surface area (TPSA) is 49.4 Å². The number of carbonyl (C=O) groups is 2. The van der Waals surface area contributed by atoms with Crippen molar-refractivity contribution in [2.45, 2.75) is 50.1 Å². The number of nitrogens with zero attached hydrogens (tertiary/aromatic N) is 1. The van der Waals surface area contributed by atoms with Gasteiger partial charge in [0, 0.05) is 6.04 Å². The zero-order chi connectivity index (χ0) is 9.76. The average Bonchev–Trinajstić information content (AvgIpc) is 2.24. The summed E-state index contributed by atoms with van der Waals surface area (Å²) in [6.07, 6.45) is 5.87. The third-order valence-corrected chi connectivity index (χ3v) is 3.84. The molecule has 0 bridgehead atoms. The van der Waals surface area contributed by atoms with E-state index in [0.29, 0.717) is 0 Å². The fourth-order valence-electron chi connectivity index (χ4n) is 2.49. The maximum absolute atomic E-state index is 12.0. The monoisotopic (exact) mass is 194 g/mol. The van der Waals surface area contributed by atoms with Crippen LogP contribution in [0.5, 0.6) is 0 Å². The SMILES string of the molecule is O=C1NC2(CCC2)C(=O)N1C1CCC1. The summed E-state index contributed by atoms with van der Waals surface area (Å²) in [5.74, 6) is 0.0402. The van der Waals surface area contributed by atoms with Gasteiger partial charge in [-0.15, -0.1) is 0 Å². The van der Waals surface area contributed by atoms with E-state index in [1.54, 1.807) is 0 Å². The summed E-state index contributed by atoms with van der Waals surface area (Å²) in [7, 11) is 0. The van der Waals surface area contributed by atoms with E-state index in [1.165, 1.54) is 4.90 Å². The number of rotatable bonds is 1. The van der Waals surface area contributed by atoms with Gasteiger partial charge in [0.1, 0.15) is 5.54 Å². The van der Waals surface area contributed by atoms with Gasteiger partial charge in [-0.05, 0) is 38.5 Å². The molecule has 1 heterocycles. The second-order valence-corrected chi connectivity index (χ2v) is 4.63. The van der Waals surface area contributed by atoms with E-state index in [1.807, 2.05) is 0 Å². The van der Waals surface area contributed by atoms with Crippen LogP contribution in [0.2, 0.25) is 0 Å². The number of hydrogen-bond donors (Lipinski definition) is 1. The first kappa shape index (κ1) is 8.26. The Morgan fingerprint density at radius 2 is 1.93 bits per heavy atom. The molecule has 4 heteroatoms. The smallest absolute Gasteiger partial charge is 0.323 e. The Labute approximate surface area is 82.6 Å². The van der Waals surface area contributed by atoms with Gasteiger partial charge >= 0.3 is 6.03 Å². The number of nitrogens with one attached hydrogen (secondary N) is 1. The summed E-state index contributed by atoms with van der Waals surface area (Å²) in [4.78, 5) is 25.1. The molecule has 1 N–H and O–H groups in total. The third-order valence-electron chi connectivity index (χ3n) is 3.84. The number of urea groups is 1. The first-order valence-electron chi connectivity index (χ1n) is 5.39. The van der Waals surface area contributed by atoms with Crippen LogP contribution in [0.25, 0.3) is 0 Å². The summed E-state index contributed by atoms with van der Waals surface area (Å²) < 4.78 is 0. The van der Waals surface area contributed by atoms with Crippen LogP contribution in [0.4, 0.5) is 4.79 Å². The van der Waals surface area contributed by atoms with Crippen LogP contribution in [-0.2, 0) is 4.79 Å². The van der Waals surface area contributed by atoms with Crippen molar-refractivity contribution in [2.75, 3.05) is 0 Å². The van der Waals surface area contributed by atoms with Gasteiger partial charge in [-0.2, -0.15) is 0 Å². The largest absolute Gasteiger partial charge is 0.325 e. The Hall–Kier alpha value is -1.06. The van der Waals surface area contributed by atoms with Crippen molar-refractivity contribution in [1.82, 2.24) is 10.2 Å². The van der Waals surface area contributed by atoms with E-state index in [0.717, 1.165) is 38.5 Å². The van der Waals surface area contributed by atoms with Crippen molar-refractivity contribution in [3.8, 4) is 0 Å². The van der Waals surface area contributed by atoms with Gasteiger partial charge in [-0.25, -0.2) is 4.79 Å². The van der Waals surface area contributed by atoms with E-state index >= 15 is 0 Å². The summed E-state index contributed by atoms with van der Waals surface area (Å²) in [6.45, 7) is 0. The van der Waals surface area contributed by atoms with Gasteiger partial charge in [0.05, 0.1) is 0 Å². The van der Waals surface area contributed by atoms with Crippen LogP contribution in [-0.4, -0.2) is 28.4 Å². The van der Waals surface area contributed by atoms with Gasteiger partial charge in [-0.3, -0.25) is 9.69 Å². The molecule has 76 valence electrons. The van der Waals surface area contributed by atoms with Crippen molar-refractivity contribution in [3.63, 3.8) is 0 Å². The highest BCUT2D eigenvalue weighted by Crippen LogP contribution is 2.40. The van der Waals surface area contributed by atoms with E-state index in [9.17, 15) is 9.59 Å². The molecule has 3 fully saturated rings. The maximum atomic E-state index is 12.0. The van der Waals surface area contributed by atoms with Gasteiger partial charge in [-0.1, -0.05) is 0 Å². The van der Waals surface area contributed by atoms with Crippen molar-refractivity contribution in [3.05, 3.63) is 0 Å². The Balaban J connectivity index is 1.85. The van der Waals surface area contributed by atoms with E-state index in [-0.39, 0.29) is 18.0 Å². The summed E-state index contributed by atoms with van der Waals surface area (Å²) in [5, 5.41) is 2.85. The predicted octanol–water partition coefficient (Wildman–Crippen LogP) is 1.01. The van der Waals surface area contributed by atoms with E-state index in [2.05, 4.69) is 5.32 Å². The van der Waals surface area contributed by atoms with Gasteiger partial charge in [0.15, 0.2) is 0 Å². The molecule has 0 aromatic rings. The maximum Gasteiger partial charge on any atom is 0.325 e. The van der Waals surface area contributed by atoms with Gasteiger partial charge < -0.3 is 5.32 Å². The highest BCUT2D eigenvalue weighted by molar-refractivity contribution is 6.07. The first-order chi connectivity index (χ1) is 6.73. The van der Waals surface area contributed by atoms with Gasteiger partial charge in [0.25, 0.3) is 5.91 Å². The molecule has 0 aromatic carbocycles. The summed E-state index contributed by atoms with van der Waals surface area (Å²) in [5.41, 5.74) is -0.479. The molecule has 0 atom stereocenters. The van der Waals surface area contributed by atoms with Crippen LogP contribution in [0.15, 0.2) is 0 Å². The lowest BCUT2D eigenvalue weighted by Crippen LogP contribution is -2.53. The average molecular weight is 194 g/mol. The van der Waals surface area contributed by atoms with Crippen LogP contribution < -0.4 is 5.32 Å². The Bertz CT molecular complexity index is 305. The van der Waals surface area contributed by atoms with Crippen LogP contribution >= 0.6 is 0 Å². The molecule has 3 aliphatic rings. The molecule has 14 heavy (non-hydrogen) atoms. The number of imide groups is 1. The predicted molar refractivity (Wildman–Crippen MR) is 49.6 cm³/mol. The molecule has 0 aromatic heterocycles. The molecular weight excluding hydrogens is 180 g/mol. The van der Waals surface area contributed by atoms with Crippen molar-refractivity contribution in [1.29, 1.82) is 0 Å². The Kier molecular flexibility index (Phi) is 1.47. The fraction of sp³-hybridized carbons (Fsp3) is 0.800. The molecule has 2 aliphatic carbocycles. The number of amides is 3. The molecule has 3 amide bonds. The normalized spacial score (nSPS) is 30.1. The van der Waals surface area contributed by atoms with Crippen LogP contribution in [0.1, 0.15) is 38.5 Å². The minimum Gasteiger partial charge on any atom is -0.323 e. The lowest BCUT2D eigenvalue weighted by Gasteiger charge is -2.37. The standard InChI is InChI=1S/C10H14N2O2/c13-8-10(5-2-6-10)11-9(14)12(8)7-3-1-4-7/h7H,1-6H2,(H,11,14). The quantitative estimate of drug-likeness (QED) is 0.633. The van der Waals surface area contributed by atoms with Gasteiger partial charge in [0.2, 0.25) is 0 Å². The van der Waals surface area contributed by atoms with Crippen LogP contribution in [0.3, 0.4) is 0 Å². The molecule has 0 unspecified atom stereocenters. The summed E-state index contributed by atoms with van der Waals surface area (Å²) >= 11 is 0. The molecule has 4 nitrogen and oxygen atoms in total. The Morgan fingerprint density at radius 1 is 1.21 bits per heavy atom. The minimum absolute atomic E-state index is 0.0402. The lowest BCUT2D eigenvalue weighted by molar-refractivity contribution is -0.136. The van der Waals surface area contributed by atoms with Crippen molar-refractivity contribution in [2.24, 2.45) is 0 Å². The number of carbonyl (C=O) groups excluding carboxylic acids is 2. The minimum atomic E-state index is -0.479. The molecule has 2 saturated carbocycles. The lowest BCUT2D eigenvalue weighted by atomic mass is 9.76. The second-order valence-electron chi connectivity index (χ2n) is 4.63. The third kappa shape index (κ3) is 0.837. The molecule has 0 radical (unpaired) electrons. The second kappa shape index (κ2) is 2.49. The highest BCUT2D eigenvalue weighted by atomic mass is 16.2. The van der Waals surface area contributed by atoms with Crippen LogP contribution in [0, 0.1) is 0 Å². The highest BCUT2D eigenvalue weighted by Gasteiger charge is 2.56. The molecular formula is C10H14N2O2. The Morgan fingerprint density at radius 3 is 2.29 bits per heavy atom. The zero-order valence-electron chi connectivity index (χ0n) is 8.08. The molecule has 1 aliphatic heterocycles.